The zero-order valence-corrected chi connectivity index (χ0v) is 10.3. The van der Waals surface area contributed by atoms with Gasteiger partial charge in [-0.15, -0.1) is 0 Å². The molecule has 2 N–H and O–H groups in total. The second kappa shape index (κ2) is 5.79. The third-order valence-electron chi connectivity index (χ3n) is 2.97. The van der Waals surface area contributed by atoms with Gasteiger partial charge in [0.2, 0.25) is 0 Å². The lowest BCUT2D eigenvalue weighted by atomic mass is 10.1. The van der Waals surface area contributed by atoms with Crippen LogP contribution in [0.3, 0.4) is 0 Å². The fourth-order valence-corrected chi connectivity index (χ4v) is 1.90. The van der Waals surface area contributed by atoms with E-state index in [0.717, 1.165) is 24.4 Å². The molecule has 1 heterocycles. The van der Waals surface area contributed by atoms with E-state index in [4.69, 9.17) is 4.74 Å². The number of rotatable bonds is 4. The van der Waals surface area contributed by atoms with E-state index in [1.807, 2.05) is 6.92 Å². The van der Waals surface area contributed by atoms with E-state index in [1.54, 1.807) is 12.1 Å². The van der Waals surface area contributed by atoms with Crippen LogP contribution < -0.4 is 10.6 Å². The molecule has 0 amide bonds. The third-order valence-corrected chi connectivity index (χ3v) is 2.97. The summed E-state index contributed by atoms with van der Waals surface area (Å²) in [6, 6.07) is 5.09. The molecule has 1 aromatic rings. The first-order chi connectivity index (χ1) is 8.66. The van der Waals surface area contributed by atoms with Crippen molar-refractivity contribution in [3.63, 3.8) is 0 Å². The molecule has 1 unspecified atom stereocenters. The van der Waals surface area contributed by atoms with E-state index < -0.39 is 0 Å². The molecular weight excluding hydrogens is 234 g/mol. The SMILES string of the molecule is Cc1ccc([N+](=O)[O-])cc1NCC1COCCN1. The predicted molar refractivity (Wildman–Crippen MR) is 68.9 cm³/mol. The Bertz CT molecular complexity index is 431. The van der Waals surface area contributed by atoms with Gasteiger partial charge in [-0.3, -0.25) is 10.1 Å². The first kappa shape index (κ1) is 12.8. The summed E-state index contributed by atoms with van der Waals surface area (Å²) >= 11 is 0. The van der Waals surface area contributed by atoms with Gasteiger partial charge in [-0.2, -0.15) is 0 Å². The van der Waals surface area contributed by atoms with Crippen LogP contribution in [0.5, 0.6) is 0 Å². The summed E-state index contributed by atoms with van der Waals surface area (Å²) in [7, 11) is 0. The highest BCUT2D eigenvalue weighted by molar-refractivity contribution is 5.56. The van der Waals surface area contributed by atoms with Crippen molar-refractivity contribution in [2.45, 2.75) is 13.0 Å². The zero-order chi connectivity index (χ0) is 13.0. The molecule has 0 bridgehead atoms. The van der Waals surface area contributed by atoms with Crippen molar-refractivity contribution in [1.82, 2.24) is 5.32 Å². The number of nitrogens with zero attached hydrogens (tertiary/aromatic N) is 1. The fraction of sp³-hybridized carbons (Fsp3) is 0.500. The predicted octanol–water partition coefficient (Wildman–Crippen LogP) is 1.30. The second-order valence-electron chi connectivity index (χ2n) is 4.36. The van der Waals surface area contributed by atoms with Crippen LogP contribution in [0.2, 0.25) is 0 Å². The first-order valence-electron chi connectivity index (χ1n) is 5.97. The molecule has 1 saturated heterocycles. The summed E-state index contributed by atoms with van der Waals surface area (Å²) in [6.07, 6.45) is 0. The average Bonchev–Trinajstić information content (AvgIpc) is 2.38. The third kappa shape index (κ3) is 3.18. The van der Waals surface area contributed by atoms with E-state index in [9.17, 15) is 10.1 Å². The maximum atomic E-state index is 10.7. The van der Waals surface area contributed by atoms with Gasteiger partial charge in [0, 0.05) is 37.0 Å². The Hall–Kier alpha value is -1.66. The average molecular weight is 251 g/mol. The van der Waals surface area contributed by atoms with E-state index in [1.165, 1.54) is 6.07 Å². The van der Waals surface area contributed by atoms with Crippen LogP contribution in [0, 0.1) is 17.0 Å². The summed E-state index contributed by atoms with van der Waals surface area (Å²) in [4.78, 5) is 10.3. The van der Waals surface area contributed by atoms with Crippen molar-refractivity contribution < 1.29 is 9.66 Å². The first-order valence-corrected chi connectivity index (χ1v) is 5.97. The number of nitro benzene ring substituents is 1. The molecule has 1 aliphatic rings. The Kier molecular flexibility index (Phi) is 4.11. The Labute approximate surface area is 105 Å². The fourth-order valence-electron chi connectivity index (χ4n) is 1.90. The monoisotopic (exact) mass is 251 g/mol. The number of anilines is 1. The summed E-state index contributed by atoms with van der Waals surface area (Å²) in [5.41, 5.74) is 1.91. The van der Waals surface area contributed by atoms with Gasteiger partial charge in [0.05, 0.1) is 18.1 Å². The molecule has 6 heteroatoms. The van der Waals surface area contributed by atoms with Crippen molar-refractivity contribution in [1.29, 1.82) is 0 Å². The van der Waals surface area contributed by atoms with Crippen LogP contribution in [0.25, 0.3) is 0 Å². The summed E-state index contributed by atoms with van der Waals surface area (Å²) in [5.74, 6) is 0. The molecule has 1 aliphatic heterocycles. The van der Waals surface area contributed by atoms with Crippen molar-refractivity contribution in [2.75, 3.05) is 31.6 Å². The molecule has 1 aromatic carbocycles. The molecule has 1 fully saturated rings. The van der Waals surface area contributed by atoms with Crippen LogP contribution in [-0.4, -0.2) is 37.3 Å². The summed E-state index contributed by atoms with van der Waals surface area (Å²) in [6.45, 7) is 4.88. The highest BCUT2D eigenvalue weighted by Crippen LogP contribution is 2.21. The molecule has 2 rings (SSSR count). The maximum absolute atomic E-state index is 10.7. The number of ether oxygens (including phenoxy) is 1. The highest BCUT2D eigenvalue weighted by Gasteiger charge is 2.14. The van der Waals surface area contributed by atoms with E-state index in [-0.39, 0.29) is 16.7 Å². The van der Waals surface area contributed by atoms with Gasteiger partial charge in [-0.25, -0.2) is 0 Å². The van der Waals surface area contributed by atoms with Gasteiger partial charge in [-0.1, -0.05) is 6.07 Å². The van der Waals surface area contributed by atoms with Gasteiger partial charge in [-0.05, 0) is 12.5 Å². The number of aryl methyl sites for hydroxylation is 1. The molecule has 0 aromatic heterocycles. The maximum Gasteiger partial charge on any atom is 0.271 e. The lowest BCUT2D eigenvalue weighted by Crippen LogP contribution is -2.45. The van der Waals surface area contributed by atoms with Gasteiger partial charge in [0.25, 0.3) is 5.69 Å². The van der Waals surface area contributed by atoms with Crippen molar-refractivity contribution in [2.24, 2.45) is 0 Å². The molecule has 0 spiro atoms. The van der Waals surface area contributed by atoms with Crippen LogP contribution in [0.1, 0.15) is 5.56 Å². The molecule has 0 radical (unpaired) electrons. The van der Waals surface area contributed by atoms with Gasteiger partial charge in [0.15, 0.2) is 0 Å². The molecular formula is C12H17N3O3. The van der Waals surface area contributed by atoms with E-state index in [0.29, 0.717) is 13.2 Å². The molecule has 0 aliphatic carbocycles. The number of benzene rings is 1. The minimum absolute atomic E-state index is 0.107. The Morgan fingerprint density at radius 2 is 2.44 bits per heavy atom. The molecule has 18 heavy (non-hydrogen) atoms. The quantitative estimate of drug-likeness (QED) is 0.623. The largest absolute Gasteiger partial charge is 0.383 e. The minimum Gasteiger partial charge on any atom is -0.383 e. The number of hydrogen-bond acceptors (Lipinski definition) is 5. The van der Waals surface area contributed by atoms with Crippen LogP contribution in [0.4, 0.5) is 11.4 Å². The highest BCUT2D eigenvalue weighted by atomic mass is 16.6. The van der Waals surface area contributed by atoms with Gasteiger partial charge < -0.3 is 15.4 Å². The summed E-state index contributed by atoms with van der Waals surface area (Å²) < 4.78 is 5.35. The Morgan fingerprint density at radius 1 is 1.61 bits per heavy atom. The number of non-ortho nitro benzene ring substituents is 1. The normalized spacial score (nSPS) is 19.5. The van der Waals surface area contributed by atoms with Crippen molar-refractivity contribution in [3.05, 3.63) is 33.9 Å². The lowest BCUT2D eigenvalue weighted by Gasteiger charge is -2.24. The zero-order valence-electron chi connectivity index (χ0n) is 10.3. The van der Waals surface area contributed by atoms with Crippen molar-refractivity contribution >= 4 is 11.4 Å². The molecule has 6 nitrogen and oxygen atoms in total. The topological polar surface area (TPSA) is 76.4 Å². The molecule has 0 saturated carbocycles. The lowest BCUT2D eigenvalue weighted by molar-refractivity contribution is -0.384. The Morgan fingerprint density at radius 3 is 3.11 bits per heavy atom. The van der Waals surface area contributed by atoms with Crippen LogP contribution in [-0.2, 0) is 4.74 Å². The Balaban J connectivity index is 1.99. The summed E-state index contributed by atoms with van der Waals surface area (Å²) in [5, 5.41) is 17.3. The van der Waals surface area contributed by atoms with Crippen molar-refractivity contribution in [3.8, 4) is 0 Å². The van der Waals surface area contributed by atoms with E-state index in [2.05, 4.69) is 10.6 Å². The number of hydrogen-bond donors (Lipinski definition) is 2. The second-order valence-corrected chi connectivity index (χ2v) is 4.36. The number of nitro groups is 1. The van der Waals surface area contributed by atoms with Crippen LogP contribution >= 0.6 is 0 Å². The van der Waals surface area contributed by atoms with E-state index >= 15 is 0 Å². The minimum atomic E-state index is -0.382. The number of nitrogens with one attached hydrogen (secondary N) is 2. The smallest absolute Gasteiger partial charge is 0.271 e. The number of morpholine rings is 1. The standard InChI is InChI=1S/C12H17N3O3/c1-9-2-3-11(15(16)17)6-12(9)14-7-10-8-18-5-4-13-10/h2-3,6,10,13-14H,4-5,7-8H2,1H3. The molecule has 1 atom stereocenters. The van der Waals surface area contributed by atoms with Gasteiger partial charge >= 0.3 is 0 Å². The molecule has 98 valence electrons. The van der Waals surface area contributed by atoms with Gasteiger partial charge in [0.1, 0.15) is 0 Å². The van der Waals surface area contributed by atoms with Crippen LogP contribution in [0.15, 0.2) is 18.2 Å².